The molecule has 1 aromatic rings. The molecule has 4 atom stereocenters. The Bertz CT molecular complexity index is 805. The fraction of sp³-hybridized carbons (Fsp3) is 0.571. The number of hydrogen-bond donors (Lipinski definition) is 0. The maximum Gasteiger partial charge on any atom is 0.230 e. The van der Waals surface area contributed by atoms with Crippen LogP contribution in [-0.2, 0) is 20.7 Å². The molecule has 0 N–H and O–H groups in total. The number of pyridine rings is 1. The van der Waals surface area contributed by atoms with Gasteiger partial charge in [0.2, 0.25) is 11.8 Å². The van der Waals surface area contributed by atoms with Gasteiger partial charge in [-0.2, -0.15) is 0 Å². The lowest BCUT2D eigenvalue weighted by Gasteiger charge is -2.35. The summed E-state index contributed by atoms with van der Waals surface area (Å²) in [6, 6.07) is 3.95. The van der Waals surface area contributed by atoms with Crippen LogP contribution in [0.4, 0.5) is 0 Å². The largest absolute Gasteiger partial charge is 0.360 e. The molecule has 2 unspecified atom stereocenters. The molecule has 0 aromatic carbocycles. The number of amides is 2. The van der Waals surface area contributed by atoms with E-state index in [-0.39, 0.29) is 29.8 Å². The van der Waals surface area contributed by atoms with Crippen molar-refractivity contribution >= 4 is 11.8 Å². The highest BCUT2D eigenvalue weighted by molar-refractivity contribution is 5.93. The Morgan fingerprint density at radius 3 is 2.75 bits per heavy atom. The molecule has 0 saturated carbocycles. The minimum atomic E-state index is -0.618. The normalized spacial score (nSPS) is 34.3. The summed E-state index contributed by atoms with van der Waals surface area (Å²) in [4.78, 5) is 36.6. The predicted octanol–water partition coefficient (Wildman–Crippen LogP) is 0.180. The number of carbonyl (C=O) groups is 2. The Hall–Kier alpha value is -2.25. The first-order valence-corrected chi connectivity index (χ1v) is 10.1. The van der Waals surface area contributed by atoms with E-state index in [1.807, 2.05) is 34.1 Å². The molecule has 148 valence electrons. The molecule has 3 fully saturated rings. The minimum absolute atomic E-state index is 0.0633. The summed E-state index contributed by atoms with van der Waals surface area (Å²) in [6.07, 6.45) is 8.08. The van der Waals surface area contributed by atoms with Crippen LogP contribution in [0.2, 0.25) is 0 Å². The van der Waals surface area contributed by atoms with Crippen molar-refractivity contribution in [3.8, 4) is 0 Å². The minimum Gasteiger partial charge on any atom is -0.360 e. The van der Waals surface area contributed by atoms with Gasteiger partial charge in [-0.15, -0.1) is 0 Å². The van der Waals surface area contributed by atoms with Gasteiger partial charge in [0.05, 0.1) is 24.5 Å². The molecule has 5 rings (SSSR count). The molecular formula is C21H26N4O3. The highest BCUT2D eigenvalue weighted by Gasteiger charge is 2.67. The second kappa shape index (κ2) is 6.67. The Kier molecular flexibility index (Phi) is 4.25. The molecule has 4 aliphatic rings. The van der Waals surface area contributed by atoms with E-state index in [4.69, 9.17) is 4.74 Å². The number of aromatic nitrogens is 1. The van der Waals surface area contributed by atoms with Crippen molar-refractivity contribution < 1.29 is 14.3 Å². The number of piperazine rings is 1. The van der Waals surface area contributed by atoms with Gasteiger partial charge in [0.25, 0.3) is 0 Å². The third-order valence-electron chi connectivity index (χ3n) is 6.70. The van der Waals surface area contributed by atoms with Gasteiger partial charge in [-0.3, -0.25) is 14.6 Å². The fourth-order valence-electron chi connectivity index (χ4n) is 5.10. The molecule has 2 bridgehead atoms. The summed E-state index contributed by atoms with van der Waals surface area (Å²) >= 11 is 0. The van der Waals surface area contributed by atoms with Gasteiger partial charge in [0.15, 0.2) is 0 Å². The molecule has 0 aliphatic carbocycles. The molecule has 4 aliphatic heterocycles. The maximum atomic E-state index is 13.3. The smallest absolute Gasteiger partial charge is 0.230 e. The fourth-order valence-corrected chi connectivity index (χ4v) is 5.10. The highest BCUT2D eigenvalue weighted by atomic mass is 16.5. The van der Waals surface area contributed by atoms with Gasteiger partial charge < -0.3 is 19.4 Å². The molecule has 2 amide bonds. The van der Waals surface area contributed by atoms with Crippen LogP contribution in [0.15, 0.2) is 36.7 Å². The van der Waals surface area contributed by atoms with E-state index >= 15 is 0 Å². The van der Waals surface area contributed by atoms with Gasteiger partial charge in [-0.1, -0.05) is 12.2 Å². The summed E-state index contributed by atoms with van der Waals surface area (Å²) < 4.78 is 6.24. The molecule has 7 nitrogen and oxygen atoms in total. The molecular weight excluding hydrogens is 356 g/mol. The monoisotopic (exact) mass is 382 g/mol. The van der Waals surface area contributed by atoms with Crippen LogP contribution in [0.1, 0.15) is 5.56 Å². The van der Waals surface area contributed by atoms with Crippen molar-refractivity contribution in [1.82, 2.24) is 19.7 Å². The lowest BCUT2D eigenvalue weighted by molar-refractivity contribution is -0.144. The van der Waals surface area contributed by atoms with Crippen molar-refractivity contribution in [3.05, 3.63) is 42.2 Å². The Balaban J connectivity index is 1.32. The van der Waals surface area contributed by atoms with Gasteiger partial charge in [-0.25, -0.2) is 0 Å². The van der Waals surface area contributed by atoms with E-state index in [2.05, 4.69) is 16.9 Å². The van der Waals surface area contributed by atoms with Crippen LogP contribution in [0, 0.1) is 11.8 Å². The van der Waals surface area contributed by atoms with Crippen LogP contribution in [0.25, 0.3) is 0 Å². The first-order valence-electron chi connectivity index (χ1n) is 10.1. The van der Waals surface area contributed by atoms with Crippen molar-refractivity contribution in [2.75, 3.05) is 46.3 Å². The molecule has 7 heteroatoms. The Morgan fingerprint density at radius 2 is 2.00 bits per heavy atom. The quantitative estimate of drug-likeness (QED) is 0.695. The van der Waals surface area contributed by atoms with Crippen LogP contribution >= 0.6 is 0 Å². The van der Waals surface area contributed by atoms with Crippen LogP contribution in [0.5, 0.6) is 0 Å². The number of carbonyl (C=O) groups excluding carboxylic acids is 2. The zero-order chi connectivity index (χ0) is 19.3. The van der Waals surface area contributed by atoms with Crippen LogP contribution in [-0.4, -0.2) is 89.5 Å². The predicted molar refractivity (Wildman–Crippen MR) is 102 cm³/mol. The summed E-state index contributed by atoms with van der Waals surface area (Å²) in [7, 11) is 2.07. The van der Waals surface area contributed by atoms with Crippen molar-refractivity contribution in [2.45, 2.75) is 18.1 Å². The molecule has 1 spiro atoms. The van der Waals surface area contributed by atoms with Crippen LogP contribution in [0.3, 0.4) is 0 Å². The summed E-state index contributed by atoms with van der Waals surface area (Å²) in [5, 5.41) is 0. The van der Waals surface area contributed by atoms with E-state index in [1.54, 1.807) is 12.4 Å². The number of hydrogen-bond acceptors (Lipinski definition) is 5. The second-order valence-electron chi connectivity index (χ2n) is 8.39. The van der Waals surface area contributed by atoms with E-state index in [0.29, 0.717) is 13.1 Å². The third-order valence-corrected chi connectivity index (χ3v) is 6.70. The topological polar surface area (TPSA) is 66.0 Å². The molecule has 3 saturated heterocycles. The number of ether oxygens (including phenoxy) is 1. The summed E-state index contributed by atoms with van der Waals surface area (Å²) in [5.74, 6) is -0.619. The van der Waals surface area contributed by atoms with E-state index in [0.717, 1.165) is 38.2 Å². The number of nitrogens with zero attached hydrogens (tertiary/aromatic N) is 4. The molecule has 5 heterocycles. The zero-order valence-corrected chi connectivity index (χ0v) is 16.2. The van der Waals surface area contributed by atoms with Crippen molar-refractivity contribution in [3.63, 3.8) is 0 Å². The van der Waals surface area contributed by atoms with Gasteiger partial charge in [0.1, 0.15) is 5.60 Å². The Labute approximate surface area is 164 Å². The highest BCUT2D eigenvalue weighted by Crippen LogP contribution is 2.52. The van der Waals surface area contributed by atoms with Gasteiger partial charge >= 0.3 is 0 Å². The second-order valence-corrected chi connectivity index (χ2v) is 8.39. The first-order chi connectivity index (χ1) is 13.6. The lowest BCUT2D eigenvalue weighted by atomic mass is 9.76. The van der Waals surface area contributed by atoms with Crippen LogP contribution < -0.4 is 0 Å². The number of likely N-dealkylation sites (tertiary alicyclic amines) is 1. The molecule has 28 heavy (non-hydrogen) atoms. The average molecular weight is 382 g/mol. The van der Waals surface area contributed by atoms with Crippen molar-refractivity contribution in [1.29, 1.82) is 0 Å². The molecule has 0 radical (unpaired) electrons. The summed E-state index contributed by atoms with van der Waals surface area (Å²) in [5.41, 5.74) is 0.538. The van der Waals surface area contributed by atoms with E-state index in [9.17, 15) is 9.59 Å². The SMILES string of the molecule is CN1CCN(C(=O)C2C3C(=O)N(CCc4ccncc4)C[C@]34C=C[C@H]2O4)CC1. The third kappa shape index (κ3) is 2.76. The lowest BCUT2D eigenvalue weighted by Crippen LogP contribution is -2.52. The first kappa shape index (κ1) is 17.8. The number of likely N-dealkylation sites (N-methyl/N-ethyl adjacent to an activating group) is 1. The molecule has 1 aromatic heterocycles. The van der Waals surface area contributed by atoms with E-state index < -0.39 is 5.60 Å². The van der Waals surface area contributed by atoms with Gasteiger partial charge in [-0.05, 0) is 31.2 Å². The Morgan fingerprint density at radius 1 is 1.25 bits per heavy atom. The number of fused-ring (bicyclic) bond motifs is 1. The number of rotatable bonds is 4. The average Bonchev–Trinajstić information content (AvgIpc) is 3.35. The summed E-state index contributed by atoms with van der Waals surface area (Å²) in [6.45, 7) is 4.38. The van der Waals surface area contributed by atoms with E-state index in [1.165, 1.54) is 0 Å². The standard InChI is InChI=1S/C21H26N4O3/c1-23-10-12-24(13-11-23)19(26)17-16-2-6-21(28-16)14-25(20(27)18(17)21)9-5-15-3-7-22-8-4-15/h2-4,6-8,16-18H,5,9-14H2,1H3/t16-,17?,18?,21-/m1/s1. The van der Waals surface area contributed by atoms with Crippen molar-refractivity contribution in [2.24, 2.45) is 11.8 Å². The zero-order valence-electron chi connectivity index (χ0n) is 16.2. The maximum absolute atomic E-state index is 13.3. The van der Waals surface area contributed by atoms with Gasteiger partial charge in [0, 0.05) is 45.1 Å².